The van der Waals surface area contributed by atoms with Gasteiger partial charge in [-0.3, -0.25) is 4.57 Å². The van der Waals surface area contributed by atoms with Crippen LogP contribution in [0.1, 0.15) is 6.23 Å². The molecule has 7 N–H and O–H groups in total. The molecule has 3 rings (SSSR count). The maximum absolute atomic E-state index is 12.2. The topological polar surface area (TPSA) is 200 Å². The molecule has 0 aliphatic carbocycles. The second-order valence-corrected chi connectivity index (χ2v) is 6.00. The Labute approximate surface area is 146 Å². The van der Waals surface area contributed by atoms with Crippen molar-refractivity contribution in [1.82, 2.24) is 14.5 Å². The van der Waals surface area contributed by atoms with Gasteiger partial charge >= 0.3 is 5.69 Å². The van der Waals surface area contributed by atoms with Gasteiger partial charge in [0.15, 0.2) is 12.5 Å². The highest BCUT2D eigenvalue weighted by Gasteiger charge is 2.44. The number of hydrogen-bond donors (Lipinski definition) is 7. The standard InChI is InChI=1S/C13H20N4O9/c18-1-4-6(20)8(22)10(25-4)15-12-14-3-17(13(24)16-12)11-9(23)7(21)5(2-19)26-11/h3-11,18-23H,1-2H2,(H,15,16,24)/t4-,5+,6-,7+,8-,9+,10?,11+/m1/s1. The van der Waals surface area contributed by atoms with E-state index in [1.54, 1.807) is 0 Å². The van der Waals surface area contributed by atoms with E-state index in [1.807, 2.05) is 0 Å². The van der Waals surface area contributed by atoms with Crippen LogP contribution < -0.4 is 11.0 Å². The predicted octanol–water partition coefficient (Wildman–Crippen LogP) is -4.90. The lowest BCUT2D eigenvalue weighted by molar-refractivity contribution is -0.0554. The summed E-state index contributed by atoms with van der Waals surface area (Å²) in [6.45, 7) is -1.06. The van der Waals surface area contributed by atoms with Crippen molar-refractivity contribution < 1.29 is 40.1 Å². The van der Waals surface area contributed by atoms with Crippen molar-refractivity contribution in [3.05, 3.63) is 16.8 Å². The summed E-state index contributed by atoms with van der Waals surface area (Å²) in [4.78, 5) is 19.6. The van der Waals surface area contributed by atoms with Crippen LogP contribution >= 0.6 is 0 Å². The molecule has 3 heterocycles. The molecule has 0 bridgehead atoms. The number of nitrogens with zero attached hydrogens (tertiary/aromatic N) is 3. The first-order valence-electron chi connectivity index (χ1n) is 7.84. The number of ether oxygens (including phenoxy) is 2. The Hall–Kier alpha value is -1.71. The van der Waals surface area contributed by atoms with Crippen molar-refractivity contribution in [1.29, 1.82) is 0 Å². The maximum Gasteiger partial charge on any atom is 0.354 e. The van der Waals surface area contributed by atoms with Crippen molar-refractivity contribution in [2.24, 2.45) is 0 Å². The summed E-state index contributed by atoms with van der Waals surface area (Å²) in [6, 6.07) is 0. The van der Waals surface area contributed by atoms with Crippen molar-refractivity contribution >= 4 is 5.95 Å². The first-order chi connectivity index (χ1) is 12.4. The molecule has 13 heteroatoms. The number of anilines is 1. The molecule has 1 aromatic heterocycles. The molecule has 1 aromatic rings. The van der Waals surface area contributed by atoms with Gasteiger partial charge in [0.2, 0.25) is 5.95 Å². The number of aromatic nitrogens is 3. The van der Waals surface area contributed by atoms with E-state index >= 15 is 0 Å². The van der Waals surface area contributed by atoms with E-state index in [0.29, 0.717) is 0 Å². The van der Waals surface area contributed by atoms with Crippen LogP contribution in [0, 0.1) is 0 Å². The molecule has 0 aromatic carbocycles. The third-order valence-electron chi connectivity index (χ3n) is 4.33. The lowest BCUT2D eigenvalue weighted by atomic mass is 10.1. The molecule has 2 aliphatic heterocycles. The van der Waals surface area contributed by atoms with Crippen molar-refractivity contribution in [2.45, 2.75) is 49.1 Å². The van der Waals surface area contributed by atoms with Gasteiger partial charge in [0, 0.05) is 0 Å². The van der Waals surface area contributed by atoms with Crippen molar-refractivity contribution in [3.8, 4) is 0 Å². The fraction of sp³-hybridized carbons (Fsp3) is 0.769. The Balaban J connectivity index is 1.74. The Morgan fingerprint density at radius 2 is 1.62 bits per heavy atom. The molecule has 13 nitrogen and oxygen atoms in total. The molecule has 0 amide bonds. The van der Waals surface area contributed by atoms with Gasteiger partial charge in [-0.05, 0) is 0 Å². The normalized spacial score (nSPS) is 40.1. The van der Waals surface area contributed by atoms with Gasteiger partial charge < -0.3 is 45.4 Å². The van der Waals surface area contributed by atoms with Crippen molar-refractivity contribution in [3.63, 3.8) is 0 Å². The van der Waals surface area contributed by atoms with E-state index < -0.39 is 68.0 Å². The Bertz CT molecular complexity index is 688. The summed E-state index contributed by atoms with van der Waals surface area (Å²) >= 11 is 0. The summed E-state index contributed by atoms with van der Waals surface area (Å²) in [5.74, 6) is -0.229. The van der Waals surface area contributed by atoms with Crippen LogP contribution in [0.4, 0.5) is 5.95 Å². The quantitative estimate of drug-likeness (QED) is 0.259. The number of hydrogen-bond acceptors (Lipinski definition) is 12. The van der Waals surface area contributed by atoms with E-state index in [-0.39, 0.29) is 5.95 Å². The van der Waals surface area contributed by atoms with Crippen LogP contribution in [0.25, 0.3) is 0 Å². The highest BCUT2D eigenvalue weighted by Crippen LogP contribution is 2.28. The maximum atomic E-state index is 12.2. The highest BCUT2D eigenvalue weighted by atomic mass is 16.6. The van der Waals surface area contributed by atoms with Gasteiger partial charge in [-0.1, -0.05) is 0 Å². The molecule has 2 aliphatic rings. The number of aliphatic hydroxyl groups excluding tert-OH is 6. The van der Waals surface area contributed by atoms with E-state index in [0.717, 1.165) is 10.9 Å². The fourth-order valence-corrected chi connectivity index (χ4v) is 2.84. The minimum atomic E-state index is -1.47. The third kappa shape index (κ3) is 3.30. The Morgan fingerprint density at radius 3 is 2.15 bits per heavy atom. The lowest BCUT2D eigenvalue weighted by Crippen LogP contribution is -2.39. The lowest BCUT2D eigenvalue weighted by Gasteiger charge is -2.18. The van der Waals surface area contributed by atoms with Gasteiger partial charge in [-0.2, -0.15) is 4.98 Å². The molecule has 0 spiro atoms. The molecule has 1 unspecified atom stereocenters. The summed E-state index contributed by atoms with van der Waals surface area (Å²) in [5, 5.41) is 59.8. The van der Waals surface area contributed by atoms with E-state index in [1.165, 1.54) is 0 Å². The minimum Gasteiger partial charge on any atom is -0.394 e. The number of nitrogens with one attached hydrogen (secondary N) is 1. The van der Waals surface area contributed by atoms with Crippen LogP contribution in [0.5, 0.6) is 0 Å². The Kier molecular flexibility index (Phi) is 5.50. The fourth-order valence-electron chi connectivity index (χ4n) is 2.84. The molecule has 146 valence electrons. The molecule has 8 atom stereocenters. The van der Waals surface area contributed by atoms with Crippen LogP contribution in [0.3, 0.4) is 0 Å². The van der Waals surface area contributed by atoms with Crippen LogP contribution in [-0.4, -0.2) is 101 Å². The van der Waals surface area contributed by atoms with Gasteiger partial charge in [-0.25, -0.2) is 9.78 Å². The zero-order valence-electron chi connectivity index (χ0n) is 13.4. The first kappa shape index (κ1) is 19.1. The molecule has 2 saturated heterocycles. The number of aliphatic hydroxyl groups is 6. The minimum absolute atomic E-state index is 0.229. The first-order valence-corrected chi connectivity index (χ1v) is 7.84. The van der Waals surface area contributed by atoms with Crippen LogP contribution in [-0.2, 0) is 9.47 Å². The zero-order chi connectivity index (χ0) is 19.0. The van der Waals surface area contributed by atoms with E-state index in [4.69, 9.17) is 19.7 Å². The average Bonchev–Trinajstić information content (AvgIpc) is 3.06. The van der Waals surface area contributed by atoms with E-state index in [9.17, 15) is 25.2 Å². The number of rotatable bonds is 5. The molecular formula is C13H20N4O9. The summed E-state index contributed by atoms with van der Waals surface area (Å²) in [7, 11) is 0. The predicted molar refractivity (Wildman–Crippen MR) is 80.7 cm³/mol. The van der Waals surface area contributed by atoms with Crippen molar-refractivity contribution in [2.75, 3.05) is 18.5 Å². The summed E-state index contributed by atoms with van der Waals surface area (Å²) in [6.07, 6.45) is -9.03. The van der Waals surface area contributed by atoms with Gasteiger partial charge in [-0.15, -0.1) is 0 Å². The van der Waals surface area contributed by atoms with Gasteiger partial charge in [0.25, 0.3) is 0 Å². The van der Waals surface area contributed by atoms with E-state index in [2.05, 4.69) is 15.3 Å². The summed E-state index contributed by atoms with van der Waals surface area (Å²) in [5.41, 5.74) is -0.885. The molecule has 2 fully saturated rings. The smallest absolute Gasteiger partial charge is 0.354 e. The SMILES string of the molecule is O=c1nc(NC2O[C@H](CO)[C@@H](O)[C@H]2O)ncn1[C@H]1O[C@@H](CO)[C@H](O)[C@@H]1O. The average molecular weight is 376 g/mol. The van der Waals surface area contributed by atoms with Crippen LogP contribution in [0.15, 0.2) is 11.1 Å². The second-order valence-electron chi connectivity index (χ2n) is 6.00. The van der Waals surface area contributed by atoms with Gasteiger partial charge in [0.1, 0.15) is 43.0 Å². The highest BCUT2D eigenvalue weighted by molar-refractivity contribution is 5.24. The Morgan fingerprint density at radius 1 is 1.00 bits per heavy atom. The largest absolute Gasteiger partial charge is 0.394 e. The second kappa shape index (κ2) is 7.50. The summed E-state index contributed by atoms with van der Waals surface area (Å²) < 4.78 is 11.3. The van der Waals surface area contributed by atoms with Gasteiger partial charge in [0.05, 0.1) is 13.2 Å². The molecule has 26 heavy (non-hydrogen) atoms. The third-order valence-corrected chi connectivity index (χ3v) is 4.33. The molecule has 0 radical (unpaired) electrons. The zero-order valence-corrected chi connectivity index (χ0v) is 13.4. The molecule has 0 saturated carbocycles. The molecular weight excluding hydrogens is 356 g/mol. The van der Waals surface area contributed by atoms with Crippen LogP contribution in [0.2, 0.25) is 0 Å². The monoisotopic (exact) mass is 376 g/mol.